The van der Waals surface area contributed by atoms with Gasteiger partial charge in [-0.05, 0) is 33.3 Å². The number of carbonyl (C=O) groups is 1. The van der Waals surface area contributed by atoms with Crippen molar-refractivity contribution in [3.63, 3.8) is 0 Å². The summed E-state index contributed by atoms with van der Waals surface area (Å²) in [5.74, 6) is -0.493. The molecule has 3 rings (SSSR count). The van der Waals surface area contributed by atoms with Crippen molar-refractivity contribution in [2.75, 3.05) is 5.32 Å². The number of amides is 1. The van der Waals surface area contributed by atoms with E-state index < -0.39 is 4.92 Å². The van der Waals surface area contributed by atoms with Crippen molar-refractivity contribution in [1.29, 1.82) is 0 Å². The summed E-state index contributed by atoms with van der Waals surface area (Å²) in [6, 6.07) is 8.13. The zero-order valence-corrected chi connectivity index (χ0v) is 16.1. The van der Waals surface area contributed by atoms with Crippen LogP contribution in [-0.2, 0) is 17.9 Å². The van der Waals surface area contributed by atoms with Gasteiger partial charge in [0.05, 0.1) is 36.3 Å². The Morgan fingerprint density at radius 3 is 2.85 bits per heavy atom. The lowest BCUT2D eigenvalue weighted by Gasteiger charge is -2.03. The summed E-state index contributed by atoms with van der Waals surface area (Å²) in [4.78, 5) is 22.3. The molecule has 3 aromatic rings. The van der Waals surface area contributed by atoms with Gasteiger partial charge < -0.3 is 15.4 Å². The van der Waals surface area contributed by atoms with Gasteiger partial charge in [-0.25, -0.2) is 0 Å². The van der Waals surface area contributed by atoms with E-state index in [1.54, 1.807) is 17.1 Å². The minimum atomic E-state index is -0.580. The summed E-state index contributed by atoms with van der Waals surface area (Å²) in [5, 5.41) is 21.6. The largest absolute Gasteiger partial charge is 0.404 e. The quantitative estimate of drug-likeness (QED) is 0.455. The lowest BCUT2D eigenvalue weighted by atomic mass is 10.1. The number of benzene rings is 1. The van der Waals surface area contributed by atoms with Crippen molar-refractivity contribution in [2.45, 2.75) is 26.4 Å². The van der Waals surface area contributed by atoms with E-state index in [1.807, 2.05) is 25.1 Å². The van der Waals surface area contributed by atoms with Crippen molar-refractivity contribution >= 4 is 33.3 Å². The SMILES string of the molecule is Cc1cccc(Cn2cc(NC(=O)CCn3cc(Br)c([N+](=O)[O-])n3)cn2)c1. The van der Waals surface area contributed by atoms with Gasteiger partial charge >= 0.3 is 5.82 Å². The van der Waals surface area contributed by atoms with Crippen LogP contribution in [-0.4, -0.2) is 30.4 Å². The summed E-state index contributed by atoms with van der Waals surface area (Å²) >= 11 is 3.08. The number of halogens is 1. The molecule has 0 bridgehead atoms. The number of anilines is 1. The summed E-state index contributed by atoms with van der Waals surface area (Å²) in [5.41, 5.74) is 2.90. The smallest absolute Gasteiger partial charge is 0.358 e. The lowest BCUT2D eigenvalue weighted by molar-refractivity contribution is -0.390. The fourth-order valence-electron chi connectivity index (χ4n) is 2.58. The Labute approximate surface area is 163 Å². The first-order valence-corrected chi connectivity index (χ1v) is 8.95. The van der Waals surface area contributed by atoms with E-state index in [-0.39, 0.29) is 29.2 Å². The fourth-order valence-corrected chi connectivity index (χ4v) is 3.04. The number of aryl methyl sites for hydroxylation is 2. The first kappa shape index (κ1) is 18.8. The molecule has 0 aliphatic carbocycles. The van der Waals surface area contributed by atoms with Gasteiger partial charge in [0, 0.05) is 12.6 Å². The van der Waals surface area contributed by atoms with Crippen LogP contribution in [0.3, 0.4) is 0 Å². The Kier molecular flexibility index (Phi) is 5.65. The highest BCUT2D eigenvalue weighted by molar-refractivity contribution is 9.10. The van der Waals surface area contributed by atoms with Gasteiger partial charge in [-0.2, -0.15) is 9.78 Å². The first-order chi connectivity index (χ1) is 12.9. The maximum absolute atomic E-state index is 12.1. The predicted octanol–water partition coefficient (Wildman–Crippen LogP) is 3.14. The number of nitrogens with one attached hydrogen (secondary N) is 1. The van der Waals surface area contributed by atoms with E-state index in [1.165, 1.54) is 16.4 Å². The molecule has 0 saturated carbocycles. The van der Waals surface area contributed by atoms with E-state index >= 15 is 0 Å². The topological polar surface area (TPSA) is 108 Å². The fraction of sp³-hybridized carbons (Fsp3) is 0.235. The standard InChI is InChI=1S/C17H17BrN6O3/c1-12-3-2-4-13(7-12)9-23-10-14(8-19-23)20-16(25)5-6-22-11-15(18)17(21-22)24(26)27/h2-4,7-8,10-11H,5-6,9H2,1H3,(H,20,25). The Balaban J connectivity index is 1.53. The highest BCUT2D eigenvalue weighted by Crippen LogP contribution is 2.22. The molecule has 0 aliphatic heterocycles. The van der Waals surface area contributed by atoms with E-state index in [9.17, 15) is 14.9 Å². The molecule has 10 heteroatoms. The first-order valence-electron chi connectivity index (χ1n) is 8.16. The molecule has 0 aliphatic rings. The molecule has 0 atom stereocenters. The normalized spacial score (nSPS) is 10.7. The van der Waals surface area contributed by atoms with Gasteiger partial charge in [0.2, 0.25) is 5.91 Å². The maximum atomic E-state index is 12.1. The maximum Gasteiger partial charge on any atom is 0.404 e. The molecule has 0 radical (unpaired) electrons. The Bertz CT molecular complexity index is 981. The number of nitrogens with zero attached hydrogens (tertiary/aromatic N) is 5. The number of rotatable bonds is 7. The van der Waals surface area contributed by atoms with E-state index in [0.717, 1.165) is 5.56 Å². The Morgan fingerprint density at radius 1 is 1.33 bits per heavy atom. The molecule has 0 unspecified atom stereocenters. The second-order valence-electron chi connectivity index (χ2n) is 6.03. The van der Waals surface area contributed by atoms with Gasteiger partial charge in [-0.1, -0.05) is 29.8 Å². The number of carbonyl (C=O) groups excluding carboxylic acids is 1. The summed E-state index contributed by atoms with van der Waals surface area (Å²) < 4.78 is 3.40. The molecule has 1 N–H and O–H groups in total. The number of hydrogen-bond acceptors (Lipinski definition) is 5. The van der Waals surface area contributed by atoms with Crippen LogP contribution >= 0.6 is 15.9 Å². The van der Waals surface area contributed by atoms with Crippen molar-refractivity contribution in [1.82, 2.24) is 19.6 Å². The van der Waals surface area contributed by atoms with Gasteiger partial charge in [-0.3, -0.25) is 9.48 Å². The van der Waals surface area contributed by atoms with E-state index in [2.05, 4.69) is 37.5 Å². The van der Waals surface area contributed by atoms with Crippen LogP contribution in [0.4, 0.5) is 11.5 Å². The predicted molar refractivity (Wildman–Crippen MR) is 102 cm³/mol. The van der Waals surface area contributed by atoms with E-state index in [4.69, 9.17) is 0 Å². The molecule has 0 saturated heterocycles. The summed E-state index contributed by atoms with van der Waals surface area (Å²) in [6.07, 6.45) is 4.96. The molecule has 0 fully saturated rings. The van der Waals surface area contributed by atoms with Crippen LogP contribution in [0.2, 0.25) is 0 Å². The van der Waals surface area contributed by atoms with Crippen LogP contribution in [0.5, 0.6) is 0 Å². The van der Waals surface area contributed by atoms with E-state index in [0.29, 0.717) is 12.2 Å². The van der Waals surface area contributed by atoms with Crippen molar-refractivity contribution in [3.8, 4) is 0 Å². The molecule has 1 amide bonds. The third-order valence-electron chi connectivity index (χ3n) is 3.78. The minimum Gasteiger partial charge on any atom is -0.358 e. The number of hydrogen-bond donors (Lipinski definition) is 1. The molecule has 0 spiro atoms. The molecular formula is C17H17BrN6O3. The van der Waals surface area contributed by atoms with Gasteiger partial charge in [0.1, 0.15) is 4.47 Å². The number of aromatic nitrogens is 4. The number of nitro groups is 1. The lowest BCUT2D eigenvalue weighted by Crippen LogP contribution is -2.14. The van der Waals surface area contributed by atoms with Crippen LogP contribution < -0.4 is 5.32 Å². The molecule has 2 heterocycles. The molecule has 9 nitrogen and oxygen atoms in total. The minimum absolute atomic E-state index is 0.133. The van der Waals surface area contributed by atoms with Crippen molar-refractivity contribution in [2.24, 2.45) is 0 Å². The second-order valence-corrected chi connectivity index (χ2v) is 6.89. The van der Waals surface area contributed by atoms with Gasteiger partial charge in [0.25, 0.3) is 0 Å². The highest BCUT2D eigenvalue weighted by atomic mass is 79.9. The molecule has 140 valence electrons. The molecule has 27 heavy (non-hydrogen) atoms. The van der Waals surface area contributed by atoms with Crippen LogP contribution in [0.15, 0.2) is 47.3 Å². The van der Waals surface area contributed by atoms with Crippen LogP contribution in [0.1, 0.15) is 17.5 Å². The average molecular weight is 433 g/mol. The van der Waals surface area contributed by atoms with Crippen molar-refractivity contribution < 1.29 is 9.72 Å². The highest BCUT2D eigenvalue weighted by Gasteiger charge is 2.18. The zero-order chi connectivity index (χ0) is 19.4. The average Bonchev–Trinajstić information content (AvgIpc) is 3.19. The monoisotopic (exact) mass is 432 g/mol. The summed E-state index contributed by atoms with van der Waals surface area (Å²) in [7, 11) is 0. The summed E-state index contributed by atoms with van der Waals surface area (Å²) in [6.45, 7) is 2.88. The van der Waals surface area contributed by atoms with Gasteiger partial charge in [0.15, 0.2) is 0 Å². The molecular weight excluding hydrogens is 416 g/mol. The molecule has 1 aromatic carbocycles. The van der Waals surface area contributed by atoms with Crippen molar-refractivity contribution in [3.05, 3.63) is 68.6 Å². The third kappa shape index (κ3) is 5.00. The van der Waals surface area contributed by atoms with Crippen LogP contribution in [0, 0.1) is 17.0 Å². The second kappa shape index (κ2) is 8.12. The Hall–Kier alpha value is -3.01. The third-order valence-corrected chi connectivity index (χ3v) is 4.34. The van der Waals surface area contributed by atoms with Crippen LogP contribution in [0.25, 0.3) is 0 Å². The molecule has 2 aromatic heterocycles. The van der Waals surface area contributed by atoms with Gasteiger partial charge in [-0.15, -0.1) is 0 Å². The Morgan fingerprint density at radius 2 is 2.15 bits per heavy atom. The zero-order valence-electron chi connectivity index (χ0n) is 14.5.